The Morgan fingerprint density at radius 1 is 1.27 bits per heavy atom. The van der Waals surface area contributed by atoms with Crippen LogP contribution in [-0.4, -0.2) is 30.2 Å². The summed E-state index contributed by atoms with van der Waals surface area (Å²) in [6, 6.07) is 16.3. The molecule has 26 heavy (non-hydrogen) atoms. The van der Waals surface area contributed by atoms with E-state index in [1.54, 1.807) is 7.05 Å². The first kappa shape index (κ1) is 17.1. The lowest BCUT2D eigenvalue weighted by atomic mass is 9.69. The minimum absolute atomic E-state index is 0.0271. The van der Waals surface area contributed by atoms with Gasteiger partial charge in [0.1, 0.15) is 19.1 Å². The number of rotatable bonds is 2. The molecule has 2 aromatic carbocycles. The predicted molar refractivity (Wildman–Crippen MR) is 107 cm³/mol. The van der Waals surface area contributed by atoms with Gasteiger partial charge in [-0.2, -0.15) is 0 Å². The van der Waals surface area contributed by atoms with Crippen LogP contribution in [0, 0.1) is 0 Å². The van der Waals surface area contributed by atoms with Crippen LogP contribution in [0.2, 0.25) is 6.82 Å². The minimum Gasteiger partial charge on any atom is -0.485 e. The lowest BCUT2D eigenvalue weighted by molar-refractivity contribution is -0.130. The number of nitrogens with zero attached hydrogens (tertiary/aromatic N) is 1. The van der Waals surface area contributed by atoms with Gasteiger partial charge in [-0.3, -0.25) is 9.69 Å². The third-order valence-electron chi connectivity index (χ3n) is 5.30. The highest BCUT2D eigenvalue weighted by atomic mass is 32.1. The maximum absolute atomic E-state index is 12.6. The normalized spacial score (nSPS) is 24.7. The highest BCUT2D eigenvalue weighted by Gasteiger charge is 2.48. The average Bonchev–Trinajstić information content (AvgIpc) is 2.66. The van der Waals surface area contributed by atoms with Crippen molar-refractivity contribution in [1.82, 2.24) is 10.2 Å². The van der Waals surface area contributed by atoms with Crippen molar-refractivity contribution in [2.45, 2.75) is 31.3 Å². The molecule has 0 aromatic heterocycles. The van der Waals surface area contributed by atoms with Gasteiger partial charge in [0, 0.05) is 19.0 Å². The van der Waals surface area contributed by atoms with Crippen molar-refractivity contribution in [3.05, 3.63) is 59.7 Å². The second kappa shape index (κ2) is 6.43. The van der Waals surface area contributed by atoms with E-state index in [0.29, 0.717) is 18.0 Å². The molecule has 2 heterocycles. The monoisotopic (exact) mass is 363 g/mol. The van der Waals surface area contributed by atoms with Crippen molar-refractivity contribution < 1.29 is 9.53 Å². The molecule has 131 valence electrons. The van der Waals surface area contributed by atoms with E-state index in [-0.39, 0.29) is 12.0 Å². The van der Waals surface area contributed by atoms with Crippen LogP contribution in [0.4, 0.5) is 0 Å². The van der Waals surface area contributed by atoms with Crippen molar-refractivity contribution in [2.75, 3.05) is 7.05 Å². The van der Waals surface area contributed by atoms with Gasteiger partial charge in [-0.15, -0.1) is 0 Å². The number of amides is 1. The molecule has 0 bridgehead atoms. The summed E-state index contributed by atoms with van der Waals surface area (Å²) in [7, 11) is 3.77. The zero-order valence-corrected chi connectivity index (χ0v) is 15.7. The van der Waals surface area contributed by atoms with Gasteiger partial charge in [-0.25, -0.2) is 0 Å². The van der Waals surface area contributed by atoms with Crippen molar-refractivity contribution in [1.29, 1.82) is 0 Å². The summed E-state index contributed by atoms with van der Waals surface area (Å²) in [6.45, 7) is 2.00. The smallest absolute Gasteiger partial charge is 0.231 e. The first-order valence-corrected chi connectivity index (χ1v) is 9.17. The standard InChI is InChI=1S/C20H20BN2O2S/c1-21-14-8-9-16-15(10-14)20(12-18(24)23(2)19(26)22-20)11-17(25-16)13-6-4-3-5-7-13/h3-10,17H,11-12H2,1-2H3,(H,22,26). The molecule has 1 fully saturated rings. The summed E-state index contributed by atoms with van der Waals surface area (Å²) in [5.41, 5.74) is 2.66. The van der Waals surface area contributed by atoms with Crippen molar-refractivity contribution in [2.24, 2.45) is 0 Å². The number of hydrogen-bond donors (Lipinski definition) is 1. The number of benzene rings is 2. The largest absolute Gasteiger partial charge is 0.485 e. The summed E-state index contributed by atoms with van der Waals surface area (Å²) in [5.74, 6) is 0.836. The summed E-state index contributed by atoms with van der Waals surface area (Å²) in [4.78, 5) is 14.2. The fourth-order valence-corrected chi connectivity index (χ4v) is 4.08. The molecule has 1 saturated heterocycles. The van der Waals surface area contributed by atoms with Crippen LogP contribution in [0.5, 0.6) is 5.75 Å². The molecular formula is C20H20BN2O2S. The third-order valence-corrected chi connectivity index (χ3v) is 5.68. The second-order valence-corrected chi connectivity index (χ2v) is 7.29. The molecule has 4 nitrogen and oxygen atoms in total. The van der Waals surface area contributed by atoms with Crippen LogP contribution in [0.25, 0.3) is 0 Å². The van der Waals surface area contributed by atoms with Gasteiger partial charge in [0.2, 0.25) is 5.91 Å². The molecule has 2 aliphatic rings. The molecule has 2 aromatic rings. The van der Waals surface area contributed by atoms with E-state index in [2.05, 4.69) is 23.5 Å². The average molecular weight is 363 g/mol. The molecular weight excluding hydrogens is 343 g/mol. The van der Waals surface area contributed by atoms with Crippen LogP contribution in [-0.2, 0) is 10.3 Å². The van der Waals surface area contributed by atoms with E-state index in [9.17, 15) is 4.79 Å². The molecule has 0 aliphatic carbocycles. The molecule has 0 saturated carbocycles. The van der Waals surface area contributed by atoms with Crippen LogP contribution < -0.4 is 15.5 Å². The lowest BCUT2D eigenvalue weighted by Gasteiger charge is -2.47. The van der Waals surface area contributed by atoms with Crippen LogP contribution in [0.15, 0.2) is 48.5 Å². The van der Waals surface area contributed by atoms with E-state index in [1.165, 1.54) is 4.90 Å². The van der Waals surface area contributed by atoms with Gasteiger partial charge in [0.15, 0.2) is 5.11 Å². The summed E-state index contributed by atoms with van der Waals surface area (Å²) >= 11 is 5.45. The van der Waals surface area contributed by atoms with Crippen molar-refractivity contribution >= 4 is 36.0 Å². The number of nitrogens with one attached hydrogen (secondary N) is 1. The van der Waals surface area contributed by atoms with E-state index >= 15 is 0 Å². The number of thiocarbonyl (C=S) groups is 1. The summed E-state index contributed by atoms with van der Waals surface area (Å²) in [5, 5.41) is 3.93. The molecule has 2 atom stereocenters. The fourth-order valence-electron chi connectivity index (χ4n) is 3.79. The van der Waals surface area contributed by atoms with E-state index in [1.807, 2.05) is 44.4 Å². The van der Waals surface area contributed by atoms with Gasteiger partial charge in [-0.05, 0) is 23.8 Å². The number of carbonyl (C=O) groups is 1. The molecule has 2 aliphatic heterocycles. The topological polar surface area (TPSA) is 41.6 Å². The molecule has 1 radical (unpaired) electrons. The Hall–Kier alpha value is -2.34. The first-order valence-electron chi connectivity index (χ1n) is 8.76. The number of carbonyl (C=O) groups excluding carboxylic acids is 1. The Kier molecular flexibility index (Phi) is 4.23. The van der Waals surface area contributed by atoms with E-state index in [4.69, 9.17) is 17.0 Å². The number of ether oxygens (including phenoxy) is 1. The van der Waals surface area contributed by atoms with Gasteiger partial charge in [-0.1, -0.05) is 54.8 Å². The summed E-state index contributed by atoms with van der Waals surface area (Å²) in [6.07, 6.45) is 0.875. The lowest BCUT2D eigenvalue weighted by Crippen LogP contribution is -2.60. The maximum atomic E-state index is 12.6. The summed E-state index contributed by atoms with van der Waals surface area (Å²) < 4.78 is 6.32. The van der Waals surface area contributed by atoms with E-state index < -0.39 is 5.54 Å². The third kappa shape index (κ3) is 2.78. The number of hydrogen-bond acceptors (Lipinski definition) is 3. The van der Waals surface area contributed by atoms with Crippen LogP contribution in [0.3, 0.4) is 0 Å². The molecule has 4 rings (SSSR count). The van der Waals surface area contributed by atoms with Crippen LogP contribution >= 0.6 is 12.2 Å². The molecule has 1 N–H and O–H groups in total. The first-order chi connectivity index (χ1) is 12.5. The minimum atomic E-state index is -0.548. The maximum Gasteiger partial charge on any atom is 0.231 e. The second-order valence-electron chi connectivity index (χ2n) is 6.91. The Bertz CT molecular complexity index is 853. The Labute approximate surface area is 159 Å². The van der Waals surface area contributed by atoms with E-state index in [0.717, 1.165) is 22.3 Å². The zero-order valence-electron chi connectivity index (χ0n) is 14.9. The SMILES string of the molecule is C[B]c1ccc2c(c1)C1(CC(=O)N(C)C(=S)N1)CC(c1ccccc1)O2. The van der Waals surface area contributed by atoms with Crippen molar-refractivity contribution in [3.8, 4) is 5.75 Å². The zero-order chi connectivity index (χ0) is 18.3. The Balaban J connectivity index is 1.83. The van der Waals surface area contributed by atoms with Gasteiger partial charge in [0.05, 0.1) is 12.0 Å². The Morgan fingerprint density at radius 3 is 2.73 bits per heavy atom. The van der Waals surface area contributed by atoms with Gasteiger partial charge < -0.3 is 10.1 Å². The fraction of sp³-hybridized carbons (Fsp3) is 0.300. The molecule has 1 spiro atoms. The van der Waals surface area contributed by atoms with Crippen LogP contribution in [0.1, 0.15) is 30.1 Å². The predicted octanol–water partition coefficient (Wildman–Crippen LogP) is 2.52. The Morgan fingerprint density at radius 2 is 2.04 bits per heavy atom. The van der Waals surface area contributed by atoms with Gasteiger partial charge >= 0.3 is 0 Å². The molecule has 2 unspecified atom stereocenters. The highest BCUT2D eigenvalue weighted by molar-refractivity contribution is 7.80. The molecule has 1 amide bonds. The quantitative estimate of drug-likeness (QED) is 0.658. The van der Waals surface area contributed by atoms with Crippen molar-refractivity contribution in [3.63, 3.8) is 0 Å². The number of fused-ring (bicyclic) bond motifs is 2. The van der Waals surface area contributed by atoms with Gasteiger partial charge in [0.25, 0.3) is 0 Å². The highest BCUT2D eigenvalue weighted by Crippen LogP contribution is 2.47. The molecule has 6 heteroatoms.